The summed E-state index contributed by atoms with van der Waals surface area (Å²) in [7, 11) is 0. The van der Waals surface area contributed by atoms with Crippen molar-refractivity contribution >= 4 is 15.9 Å². The minimum atomic E-state index is 0.776. The molecule has 0 aliphatic rings. The lowest BCUT2D eigenvalue weighted by atomic mass is 10.3. The van der Waals surface area contributed by atoms with Crippen molar-refractivity contribution in [2.75, 3.05) is 0 Å². The second-order valence-corrected chi connectivity index (χ2v) is 2.32. The highest BCUT2D eigenvalue weighted by Gasteiger charge is 1.86. The number of nitrogens with zero attached hydrogens (tertiary/aromatic N) is 1. The summed E-state index contributed by atoms with van der Waals surface area (Å²) in [6.45, 7) is 0. The number of hydrogen-bond acceptors (Lipinski definition) is 1. The highest BCUT2D eigenvalue weighted by molar-refractivity contribution is 9.10. The zero-order chi connectivity index (χ0) is 6.69. The second-order valence-electron chi connectivity index (χ2n) is 1.51. The highest BCUT2D eigenvalue weighted by Crippen LogP contribution is 2.05. The molecule has 0 fully saturated rings. The van der Waals surface area contributed by atoms with Crippen LogP contribution in [0.5, 0.6) is 0 Å². The van der Waals surface area contributed by atoms with Crippen LogP contribution in [-0.2, 0) is 0 Å². The lowest BCUT2D eigenvalue weighted by Crippen LogP contribution is -1.75. The van der Waals surface area contributed by atoms with Gasteiger partial charge in [0.15, 0.2) is 0 Å². The van der Waals surface area contributed by atoms with Crippen LogP contribution in [0.25, 0.3) is 0 Å². The quantitative estimate of drug-likeness (QED) is 0.440. The number of halogens is 1. The van der Waals surface area contributed by atoms with E-state index in [0.717, 1.165) is 10.2 Å². The molecular formula is C7H4BrN. The van der Waals surface area contributed by atoms with Gasteiger partial charge in [-0.25, -0.2) is 4.98 Å². The Morgan fingerprint density at radius 2 is 2.44 bits per heavy atom. The summed E-state index contributed by atoms with van der Waals surface area (Å²) >= 11 is 3.20. The number of aromatic nitrogens is 1. The summed E-state index contributed by atoms with van der Waals surface area (Å²) in [6, 6.07) is 3.57. The maximum Gasteiger partial charge on any atom is 0.107 e. The fourth-order valence-electron chi connectivity index (χ4n) is 0.492. The number of terminal acetylenes is 1. The number of hydrogen-bond donors (Lipinski definition) is 0. The second kappa shape index (κ2) is 2.65. The molecule has 0 amide bonds. The van der Waals surface area contributed by atoms with Crippen molar-refractivity contribution in [2.24, 2.45) is 0 Å². The molecule has 0 bridgehead atoms. The van der Waals surface area contributed by atoms with E-state index < -0.39 is 0 Å². The van der Waals surface area contributed by atoms with E-state index in [9.17, 15) is 0 Å². The standard InChI is InChI=1S/C7H4BrN/c1-2-6-3-4-9-7(8)5-6/h1,3-5H. The van der Waals surface area contributed by atoms with Crippen molar-refractivity contribution in [1.29, 1.82) is 0 Å². The molecular weight excluding hydrogens is 178 g/mol. The van der Waals surface area contributed by atoms with Gasteiger partial charge in [0, 0.05) is 11.8 Å². The molecule has 44 valence electrons. The summed E-state index contributed by atoms with van der Waals surface area (Å²) in [5.74, 6) is 2.50. The van der Waals surface area contributed by atoms with Gasteiger partial charge < -0.3 is 0 Å². The average molecular weight is 182 g/mol. The minimum absolute atomic E-state index is 0.776. The molecule has 0 aliphatic heterocycles. The third kappa shape index (κ3) is 1.55. The topological polar surface area (TPSA) is 12.9 Å². The summed E-state index contributed by atoms with van der Waals surface area (Å²) < 4.78 is 0.776. The molecule has 0 aliphatic carbocycles. The van der Waals surface area contributed by atoms with Crippen LogP contribution in [0.3, 0.4) is 0 Å². The van der Waals surface area contributed by atoms with E-state index in [4.69, 9.17) is 6.42 Å². The van der Waals surface area contributed by atoms with Gasteiger partial charge in [-0.05, 0) is 28.1 Å². The highest BCUT2D eigenvalue weighted by atomic mass is 79.9. The lowest BCUT2D eigenvalue weighted by molar-refractivity contribution is 1.27. The van der Waals surface area contributed by atoms with Gasteiger partial charge in [0.2, 0.25) is 0 Å². The Hall–Kier alpha value is -0.810. The third-order valence-corrected chi connectivity index (χ3v) is 1.33. The normalized spacial score (nSPS) is 8.44. The first kappa shape index (κ1) is 6.31. The van der Waals surface area contributed by atoms with Crippen molar-refractivity contribution in [3.63, 3.8) is 0 Å². The van der Waals surface area contributed by atoms with Gasteiger partial charge in [-0.15, -0.1) is 6.42 Å². The van der Waals surface area contributed by atoms with Crippen LogP contribution in [0, 0.1) is 12.3 Å². The molecule has 0 saturated carbocycles. The first-order valence-electron chi connectivity index (χ1n) is 2.41. The SMILES string of the molecule is C#Cc1ccnc(Br)c1. The molecule has 1 aromatic heterocycles. The molecule has 1 aromatic rings. The Morgan fingerprint density at radius 3 is 2.89 bits per heavy atom. The van der Waals surface area contributed by atoms with Crippen LogP contribution >= 0.6 is 15.9 Å². The third-order valence-electron chi connectivity index (χ3n) is 0.893. The van der Waals surface area contributed by atoms with Crippen molar-refractivity contribution in [2.45, 2.75) is 0 Å². The monoisotopic (exact) mass is 181 g/mol. The minimum Gasteiger partial charge on any atom is -0.249 e. The van der Waals surface area contributed by atoms with Crippen LogP contribution in [-0.4, -0.2) is 4.98 Å². The van der Waals surface area contributed by atoms with Gasteiger partial charge in [-0.3, -0.25) is 0 Å². The molecule has 0 radical (unpaired) electrons. The van der Waals surface area contributed by atoms with E-state index in [1.807, 2.05) is 0 Å². The van der Waals surface area contributed by atoms with Crippen LogP contribution < -0.4 is 0 Å². The van der Waals surface area contributed by atoms with Crippen LogP contribution in [0.2, 0.25) is 0 Å². The van der Waals surface area contributed by atoms with Crippen molar-refractivity contribution in [1.82, 2.24) is 4.98 Å². The summed E-state index contributed by atoms with van der Waals surface area (Å²) in [5, 5.41) is 0. The largest absolute Gasteiger partial charge is 0.249 e. The smallest absolute Gasteiger partial charge is 0.107 e. The van der Waals surface area contributed by atoms with Crippen LogP contribution in [0.1, 0.15) is 5.56 Å². The Balaban J connectivity index is 3.12. The van der Waals surface area contributed by atoms with Crippen molar-refractivity contribution < 1.29 is 0 Å². The van der Waals surface area contributed by atoms with E-state index in [2.05, 4.69) is 26.8 Å². The predicted octanol–water partition coefficient (Wildman–Crippen LogP) is 1.83. The van der Waals surface area contributed by atoms with Gasteiger partial charge in [0.05, 0.1) is 0 Å². The molecule has 0 N–H and O–H groups in total. The Morgan fingerprint density at radius 1 is 1.67 bits per heavy atom. The van der Waals surface area contributed by atoms with Gasteiger partial charge in [0.25, 0.3) is 0 Å². The zero-order valence-electron chi connectivity index (χ0n) is 4.63. The molecule has 0 atom stereocenters. The summed E-state index contributed by atoms with van der Waals surface area (Å²) in [6.07, 6.45) is 6.79. The first-order chi connectivity index (χ1) is 4.33. The Kier molecular flexibility index (Phi) is 1.86. The summed E-state index contributed by atoms with van der Waals surface area (Å²) in [5.41, 5.74) is 0.844. The Bertz CT molecular complexity index is 249. The van der Waals surface area contributed by atoms with Gasteiger partial charge >= 0.3 is 0 Å². The van der Waals surface area contributed by atoms with E-state index in [0.29, 0.717) is 0 Å². The first-order valence-corrected chi connectivity index (χ1v) is 3.20. The number of rotatable bonds is 0. The molecule has 2 heteroatoms. The number of pyridine rings is 1. The summed E-state index contributed by atoms with van der Waals surface area (Å²) in [4.78, 5) is 3.91. The molecule has 0 spiro atoms. The van der Waals surface area contributed by atoms with Gasteiger partial charge in [0.1, 0.15) is 4.60 Å². The molecule has 0 unspecified atom stereocenters. The molecule has 1 nitrogen and oxygen atoms in total. The molecule has 1 rings (SSSR count). The fraction of sp³-hybridized carbons (Fsp3) is 0. The van der Waals surface area contributed by atoms with Crippen molar-refractivity contribution in [3.8, 4) is 12.3 Å². The fourth-order valence-corrected chi connectivity index (χ4v) is 0.857. The van der Waals surface area contributed by atoms with E-state index >= 15 is 0 Å². The van der Waals surface area contributed by atoms with E-state index in [-0.39, 0.29) is 0 Å². The van der Waals surface area contributed by atoms with Crippen molar-refractivity contribution in [3.05, 3.63) is 28.5 Å². The van der Waals surface area contributed by atoms with E-state index in [1.54, 1.807) is 18.3 Å². The Labute approximate surface area is 62.2 Å². The maximum absolute atomic E-state index is 5.12. The predicted molar refractivity (Wildman–Crippen MR) is 39.9 cm³/mol. The molecule has 0 saturated heterocycles. The maximum atomic E-state index is 5.12. The van der Waals surface area contributed by atoms with Crippen LogP contribution in [0.15, 0.2) is 22.9 Å². The van der Waals surface area contributed by atoms with Gasteiger partial charge in [-0.2, -0.15) is 0 Å². The average Bonchev–Trinajstić information content (AvgIpc) is 1.88. The van der Waals surface area contributed by atoms with Crippen LogP contribution in [0.4, 0.5) is 0 Å². The molecule has 9 heavy (non-hydrogen) atoms. The molecule has 0 aromatic carbocycles. The zero-order valence-corrected chi connectivity index (χ0v) is 6.22. The molecule has 1 heterocycles. The van der Waals surface area contributed by atoms with E-state index in [1.165, 1.54) is 0 Å². The lowest BCUT2D eigenvalue weighted by Gasteiger charge is -1.87. The van der Waals surface area contributed by atoms with Gasteiger partial charge in [-0.1, -0.05) is 5.92 Å².